The predicted molar refractivity (Wildman–Crippen MR) is 102 cm³/mol. The summed E-state index contributed by atoms with van der Waals surface area (Å²) in [5.74, 6) is 0.453. The number of piperazine rings is 1. The number of carbonyl (C=O) groups excluding carboxylic acids is 1. The van der Waals surface area contributed by atoms with Crippen LogP contribution in [0.2, 0.25) is 0 Å². The third-order valence-corrected chi connectivity index (χ3v) is 6.92. The smallest absolute Gasteiger partial charge is 0.255 e. The van der Waals surface area contributed by atoms with Gasteiger partial charge < -0.3 is 9.64 Å². The highest BCUT2D eigenvalue weighted by Crippen LogP contribution is 2.25. The van der Waals surface area contributed by atoms with Gasteiger partial charge in [-0.1, -0.05) is 18.2 Å². The highest BCUT2D eigenvalue weighted by atomic mass is 79.9. The maximum atomic E-state index is 12.8. The monoisotopic (exact) mass is 438 g/mol. The summed E-state index contributed by atoms with van der Waals surface area (Å²) in [5.41, 5.74) is 0.503. The zero-order chi connectivity index (χ0) is 18.7. The maximum absolute atomic E-state index is 12.8. The molecule has 0 unspecified atom stereocenters. The second kappa shape index (κ2) is 7.77. The molecule has 0 aromatic heterocycles. The van der Waals surface area contributed by atoms with E-state index in [0.717, 1.165) is 0 Å². The van der Waals surface area contributed by atoms with Crippen molar-refractivity contribution in [3.63, 3.8) is 0 Å². The highest BCUT2D eigenvalue weighted by molar-refractivity contribution is 9.10. The summed E-state index contributed by atoms with van der Waals surface area (Å²) < 4.78 is 32.6. The summed E-state index contributed by atoms with van der Waals surface area (Å²) in [6.45, 7) is 1.22. The van der Waals surface area contributed by atoms with Crippen LogP contribution in [0.1, 0.15) is 10.4 Å². The van der Waals surface area contributed by atoms with Crippen molar-refractivity contribution in [2.24, 2.45) is 0 Å². The van der Waals surface area contributed by atoms with E-state index in [-0.39, 0.29) is 23.9 Å². The van der Waals surface area contributed by atoms with Crippen LogP contribution in [0.3, 0.4) is 0 Å². The molecule has 1 fully saturated rings. The number of hydrogen-bond acceptors (Lipinski definition) is 4. The summed E-state index contributed by atoms with van der Waals surface area (Å²) in [7, 11) is -1.98. The number of ether oxygens (including phenoxy) is 1. The average molecular weight is 439 g/mol. The van der Waals surface area contributed by atoms with Crippen molar-refractivity contribution in [1.82, 2.24) is 9.21 Å². The maximum Gasteiger partial charge on any atom is 0.255 e. The number of halogens is 1. The minimum atomic E-state index is -3.53. The molecule has 0 atom stereocenters. The third kappa shape index (κ3) is 3.77. The van der Waals surface area contributed by atoms with E-state index in [2.05, 4.69) is 15.9 Å². The number of amides is 1. The van der Waals surface area contributed by atoms with E-state index >= 15 is 0 Å². The van der Waals surface area contributed by atoms with Gasteiger partial charge in [-0.25, -0.2) is 8.42 Å². The predicted octanol–water partition coefficient (Wildman–Crippen LogP) is 2.60. The van der Waals surface area contributed by atoms with Crippen LogP contribution in [0.15, 0.2) is 57.9 Å². The zero-order valence-electron chi connectivity index (χ0n) is 14.3. The minimum absolute atomic E-state index is 0.146. The van der Waals surface area contributed by atoms with Crippen molar-refractivity contribution < 1.29 is 17.9 Å². The molecule has 2 aromatic carbocycles. The van der Waals surface area contributed by atoms with E-state index in [1.54, 1.807) is 60.5 Å². The SMILES string of the molecule is COc1ccc(Br)c(C(=O)N2CCN(S(=O)(=O)c3ccccc3)CC2)c1. The number of benzene rings is 2. The van der Waals surface area contributed by atoms with E-state index in [1.165, 1.54) is 4.31 Å². The normalized spacial score (nSPS) is 15.7. The Labute approximate surface area is 161 Å². The molecule has 0 saturated carbocycles. The Morgan fingerprint density at radius 2 is 1.69 bits per heavy atom. The molecule has 0 radical (unpaired) electrons. The van der Waals surface area contributed by atoms with Gasteiger partial charge in [0.15, 0.2) is 0 Å². The number of hydrogen-bond donors (Lipinski definition) is 0. The first-order valence-corrected chi connectivity index (χ1v) is 10.3. The Balaban J connectivity index is 1.72. The Morgan fingerprint density at radius 1 is 1.04 bits per heavy atom. The Kier molecular flexibility index (Phi) is 5.64. The highest BCUT2D eigenvalue weighted by Gasteiger charge is 2.30. The van der Waals surface area contributed by atoms with Crippen molar-refractivity contribution in [2.45, 2.75) is 4.90 Å². The summed E-state index contributed by atoms with van der Waals surface area (Å²) >= 11 is 3.39. The average Bonchev–Trinajstić information content (AvgIpc) is 2.68. The van der Waals surface area contributed by atoms with Gasteiger partial charge in [0.05, 0.1) is 17.6 Å². The number of rotatable bonds is 4. The van der Waals surface area contributed by atoms with Gasteiger partial charge in [0, 0.05) is 30.7 Å². The second-order valence-corrected chi connectivity index (χ2v) is 8.65. The molecule has 1 amide bonds. The molecule has 0 N–H and O–H groups in total. The van der Waals surface area contributed by atoms with Crippen LogP contribution in [0.25, 0.3) is 0 Å². The van der Waals surface area contributed by atoms with E-state index in [1.807, 2.05) is 0 Å². The fourth-order valence-electron chi connectivity index (χ4n) is 2.84. The van der Waals surface area contributed by atoms with Gasteiger partial charge >= 0.3 is 0 Å². The van der Waals surface area contributed by atoms with Crippen LogP contribution in [0.5, 0.6) is 5.75 Å². The Bertz CT molecular complexity index is 895. The number of methoxy groups -OCH3 is 1. The molecule has 1 heterocycles. The van der Waals surface area contributed by atoms with Gasteiger partial charge in [0.2, 0.25) is 10.0 Å². The van der Waals surface area contributed by atoms with Crippen LogP contribution >= 0.6 is 15.9 Å². The van der Waals surface area contributed by atoms with Gasteiger partial charge in [0.1, 0.15) is 5.75 Å². The molecule has 2 aromatic rings. The van der Waals surface area contributed by atoms with Gasteiger partial charge in [-0.15, -0.1) is 0 Å². The van der Waals surface area contributed by atoms with E-state index in [9.17, 15) is 13.2 Å². The first kappa shape index (κ1) is 18.9. The number of carbonyl (C=O) groups is 1. The summed E-state index contributed by atoms with van der Waals surface area (Å²) in [6, 6.07) is 13.6. The lowest BCUT2D eigenvalue weighted by Gasteiger charge is -2.34. The quantitative estimate of drug-likeness (QED) is 0.735. The summed E-state index contributed by atoms with van der Waals surface area (Å²) in [5, 5.41) is 0. The van der Waals surface area contributed by atoms with Gasteiger partial charge in [-0.05, 0) is 46.3 Å². The standard InChI is InChI=1S/C18H19BrN2O4S/c1-25-14-7-8-17(19)16(13-14)18(22)20-9-11-21(12-10-20)26(23,24)15-5-3-2-4-6-15/h2-8,13H,9-12H2,1H3. The van der Waals surface area contributed by atoms with Gasteiger partial charge in [0.25, 0.3) is 5.91 Å². The first-order chi connectivity index (χ1) is 12.4. The molecule has 138 valence electrons. The van der Waals surface area contributed by atoms with Gasteiger partial charge in [-0.2, -0.15) is 4.31 Å². The molecule has 3 rings (SSSR count). The van der Waals surface area contributed by atoms with Crippen LogP contribution in [-0.4, -0.2) is 56.8 Å². The molecule has 1 aliphatic heterocycles. The zero-order valence-corrected chi connectivity index (χ0v) is 16.7. The Hall–Kier alpha value is -1.90. The third-order valence-electron chi connectivity index (χ3n) is 4.31. The lowest BCUT2D eigenvalue weighted by Crippen LogP contribution is -2.50. The molecule has 8 heteroatoms. The van der Waals surface area contributed by atoms with Crippen LogP contribution < -0.4 is 4.74 Å². The first-order valence-electron chi connectivity index (χ1n) is 8.11. The van der Waals surface area contributed by atoms with Crippen LogP contribution in [0, 0.1) is 0 Å². The van der Waals surface area contributed by atoms with Crippen molar-refractivity contribution in [3.8, 4) is 5.75 Å². The van der Waals surface area contributed by atoms with Crippen molar-refractivity contribution >= 4 is 31.9 Å². The van der Waals surface area contributed by atoms with Crippen molar-refractivity contribution in [3.05, 3.63) is 58.6 Å². The largest absolute Gasteiger partial charge is 0.497 e. The fraction of sp³-hybridized carbons (Fsp3) is 0.278. The van der Waals surface area contributed by atoms with Crippen molar-refractivity contribution in [1.29, 1.82) is 0 Å². The molecular weight excluding hydrogens is 420 g/mol. The van der Waals surface area contributed by atoms with E-state index < -0.39 is 10.0 Å². The van der Waals surface area contributed by atoms with E-state index in [0.29, 0.717) is 28.9 Å². The fourth-order valence-corrected chi connectivity index (χ4v) is 4.70. The molecule has 1 saturated heterocycles. The summed E-state index contributed by atoms with van der Waals surface area (Å²) in [6.07, 6.45) is 0. The van der Waals surface area contributed by atoms with E-state index in [4.69, 9.17) is 4.74 Å². The number of sulfonamides is 1. The van der Waals surface area contributed by atoms with Crippen LogP contribution in [0.4, 0.5) is 0 Å². The molecule has 0 aliphatic carbocycles. The second-order valence-electron chi connectivity index (χ2n) is 5.86. The Morgan fingerprint density at radius 3 is 2.31 bits per heavy atom. The molecular formula is C18H19BrN2O4S. The van der Waals surface area contributed by atoms with Crippen molar-refractivity contribution in [2.75, 3.05) is 33.3 Å². The van der Waals surface area contributed by atoms with Crippen LogP contribution in [-0.2, 0) is 10.0 Å². The summed E-state index contributed by atoms with van der Waals surface area (Å²) in [4.78, 5) is 14.7. The lowest BCUT2D eigenvalue weighted by atomic mass is 10.1. The molecule has 1 aliphatic rings. The topological polar surface area (TPSA) is 66.9 Å². The lowest BCUT2D eigenvalue weighted by molar-refractivity contribution is 0.0696. The molecule has 26 heavy (non-hydrogen) atoms. The minimum Gasteiger partial charge on any atom is -0.497 e. The van der Waals surface area contributed by atoms with Gasteiger partial charge in [-0.3, -0.25) is 4.79 Å². The molecule has 0 bridgehead atoms. The number of nitrogens with zero attached hydrogens (tertiary/aromatic N) is 2. The molecule has 6 nitrogen and oxygen atoms in total. The molecule has 0 spiro atoms.